The number of H-pyrrole nitrogens is 1. The van der Waals surface area contributed by atoms with Crippen molar-refractivity contribution in [2.75, 3.05) is 11.9 Å². The molecule has 1 aliphatic rings. The van der Waals surface area contributed by atoms with Crippen LogP contribution >= 0.6 is 0 Å². The maximum Gasteiger partial charge on any atom is 0.251 e. The zero-order chi connectivity index (χ0) is 24.0. The summed E-state index contributed by atoms with van der Waals surface area (Å²) in [7, 11) is 0. The number of nitrogens with one attached hydrogen (secondary N) is 2. The summed E-state index contributed by atoms with van der Waals surface area (Å²) >= 11 is 0. The van der Waals surface area contributed by atoms with Gasteiger partial charge in [0, 0.05) is 31.2 Å². The molecular weight excluding hydrogens is 440 g/mol. The minimum absolute atomic E-state index is 0.0981. The van der Waals surface area contributed by atoms with Gasteiger partial charge in [0.2, 0.25) is 5.95 Å². The highest BCUT2D eigenvalue weighted by molar-refractivity contribution is 5.89. The Hall–Kier alpha value is -3.76. The van der Waals surface area contributed by atoms with Crippen LogP contribution in [0.1, 0.15) is 43.7 Å². The van der Waals surface area contributed by atoms with Crippen LogP contribution in [0.25, 0.3) is 22.4 Å². The SMILES string of the molecule is NCC(Nc1nccc(-c2[nH]nc3nc(N=CCC4CCC(N)CC4)ncc23)n1)c1ccccc1. The number of nitrogens with two attached hydrogens (primary N) is 2. The molecule has 0 saturated heterocycles. The van der Waals surface area contributed by atoms with Crippen LogP contribution in [0, 0.1) is 5.92 Å². The summed E-state index contributed by atoms with van der Waals surface area (Å²) in [6.45, 7) is 0.413. The van der Waals surface area contributed by atoms with Gasteiger partial charge in [-0.25, -0.2) is 19.9 Å². The maximum absolute atomic E-state index is 5.99. The molecule has 0 aliphatic heterocycles. The molecule has 1 aliphatic carbocycles. The number of fused-ring (bicyclic) bond motifs is 1. The zero-order valence-corrected chi connectivity index (χ0v) is 19.5. The summed E-state index contributed by atoms with van der Waals surface area (Å²) in [5.41, 5.74) is 15.0. The molecule has 10 nitrogen and oxygen atoms in total. The van der Waals surface area contributed by atoms with Crippen molar-refractivity contribution < 1.29 is 0 Å². The molecule has 10 heteroatoms. The summed E-state index contributed by atoms with van der Waals surface area (Å²) in [6, 6.07) is 12.1. The van der Waals surface area contributed by atoms with Gasteiger partial charge in [0.25, 0.3) is 5.95 Å². The molecule has 4 aromatic rings. The van der Waals surface area contributed by atoms with E-state index in [2.05, 4.69) is 40.4 Å². The van der Waals surface area contributed by atoms with Crippen LogP contribution in [-0.2, 0) is 0 Å². The number of anilines is 1. The van der Waals surface area contributed by atoms with Crippen LogP contribution < -0.4 is 16.8 Å². The third kappa shape index (κ3) is 5.50. The van der Waals surface area contributed by atoms with Gasteiger partial charge in [-0.15, -0.1) is 0 Å². The predicted octanol–water partition coefficient (Wildman–Crippen LogP) is 3.53. The van der Waals surface area contributed by atoms with Crippen molar-refractivity contribution in [3.05, 3.63) is 54.4 Å². The van der Waals surface area contributed by atoms with Crippen molar-refractivity contribution in [3.63, 3.8) is 0 Å². The minimum Gasteiger partial charge on any atom is -0.346 e. The van der Waals surface area contributed by atoms with Gasteiger partial charge in [-0.3, -0.25) is 5.10 Å². The summed E-state index contributed by atoms with van der Waals surface area (Å²) in [6.07, 6.45) is 10.8. The first-order chi connectivity index (χ1) is 17.2. The molecular formula is C25H30N10. The first-order valence-corrected chi connectivity index (χ1v) is 12.0. The second kappa shape index (κ2) is 10.7. The van der Waals surface area contributed by atoms with E-state index in [9.17, 15) is 0 Å². The topological polar surface area (TPSA) is 157 Å². The summed E-state index contributed by atoms with van der Waals surface area (Å²) in [5, 5.41) is 11.5. The normalized spacial score (nSPS) is 19.3. The molecule has 3 heterocycles. The lowest BCUT2D eigenvalue weighted by Gasteiger charge is -2.24. The second-order valence-corrected chi connectivity index (χ2v) is 8.94. The average Bonchev–Trinajstić information content (AvgIpc) is 3.32. The first-order valence-electron chi connectivity index (χ1n) is 12.0. The standard InChI is InChI=1S/C25H30N10/c26-14-21(17-4-2-1-3-5-17)32-25-29-13-11-20(31-25)22-19-15-30-24(33-23(19)35-34-22)28-12-10-16-6-8-18(27)9-7-16/h1-5,11-13,15-16,18,21H,6-10,14,26-27H2,(H,29,31,32)(H,30,33,34,35). The number of nitrogens with zero attached hydrogens (tertiary/aromatic N) is 6. The fourth-order valence-electron chi connectivity index (χ4n) is 4.45. The molecule has 3 aromatic heterocycles. The Morgan fingerprint density at radius 1 is 1.09 bits per heavy atom. The van der Waals surface area contributed by atoms with Crippen molar-refractivity contribution >= 4 is 29.1 Å². The van der Waals surface area contributed by atoms with Crippen molar-refractivity contribution in [2.45, 2.75) is 44.2 Å². The van der Waals surface area contributed by atoms with Crippen molar-refractivity contribution in [1.29, 1.82) is 0 Å². The molecule has 35 heavy (non-hydrogen) atoms. The quantitative estimate of drug-likeness (QED) is 0.285. The Balaban J connectivity index is 1.30. The van der Waals surface area contributed by atoms with E-state index in [1.807, 2.05) is 42.6 Å². The highest BCUT2D eigenvalue weighted by atomic mass is 15.2. The van der Waals surface area contributed by atoms with Crippen LogP contribution in [0.4, 0.5) is 11.9 Å². The largest absolute Gasteiger partial charge is 0.346 e. The molecule has 0 radical (unpaired) electrons. The van der Waals surface area contributed by atoms with Gasteiger partial charge in [-0.05, 0) is 49.7 Å². The number of hydrogen-bond acceptors (Lipinski definition) is 9. The molecule has 0 bridgehead atoms. The molecule has 6 N–H and O–H groups in total. The molecule has 5 rings (SSSR count). The number of aliphatic imine (C=N–C) groups is 1. The van der Waals surface area contributed by atoms with E-state index >= 15 is 0 Å². The first kappa shape index (κ1) is 23.0. The smallest absolute Gasteiger partial charge is 0.251 e. The van der Waals surface area contributed by atoms with E-state index in [0.29, 0.717) is 41.7 Å². The monoisotopic (exact) mass is 470 g/mol. The molecule has 1 atom stereocenters. The fourth-order valence-corrected chi connectivity index (χ4v) is 4.45. The highest BCUT2D eigenvalue weighted by Gasteiger charge is 2.18. The number of aromatic amines is 1. The maximum atomic E-state index is 5.99. The Labute approximate surface area is 203 Å². The van der Waals surface area contributed by atoms with Gasteiger partial charge in [-0.1, -0.05) is 30.3 Å². The molecule has 1 fully saturated rings. The molecule has 1 saturated carbocycles. The third-order valence-electron chi connectivity index (χ3n) is 6.49. The number of aromatic nitrogens is 6. The minimum atomic E-state index is -0.0981. The molecule has 0 amide bonds. The Morgan fingerprint density at radius 2 is 1.91 bits per heavy atom. The van der Waals surface area contributed by atoms with E-state index < -0.39 is 0 Å². The van der Waals surface area contributed by atoms with Crippen molar-refractivity contribution in [3.8, 4) is 11.4 Å². The molecule has 1 unspecified atom stereocenters. The van der Waals surface area contributed by atoms with Gasteiger partial charge in [-0.2, -0.15) is 10.1 Å². The van der Waals surface area contributed by atoms with Crippen LogP contribution in [0.15, 0.2) is 53.8 Å². The average molecular weight is 471 g/mol. The predicted molar refractivity (Wildman–Crippen MR) is 137 cm³/mol. The lowest BCUT2D eigenvalue weighted by Crippen LogP contribution is -2.26. The Kier molecular flexibility index (Phi) is 7.01. The van der Waals surface area contributed by atoms with Crippen LogP contribution in [-0.4, -0.2) is 48.9 Å². The zero-order valence-electron chi connectivity index (χ0n) is 19.5. The van der Waals surface area contributed by atoms with Gasteiger partial charge in [0.15, 0.2) is 5.65 Å². The van der Waals surface area contributed by atoms with E-state index in [4.69, 9.17) is 11.5 Å². The number of benzene rings is 1. The van der Waals surface area contributed by atoms with Gasteiger partial charge < -0.3 is 16.8 Å². The Morgan fingerprint density at radius 3 is 2.71 bits per heavy atom. The summed E-state index contributed by atoms with van der Waals surface area (Å²) in [4.78, 5) is 22.4. The summed E-state index contributed by atoms with van der Waals surface area (Å²) < 4.78 is 0. The lowest BCUT2D eigenvalue weighted by molar-refractivity contribution is 0.335. The highest BCUT2D eigenvalue weighted by Crippen LogP contribution is 2.27. The van der Waals surface area contributed by atoms with Crippen molar-refractivity contribution in [2.24, 2.45) is 22.4 Å². The van der Waals surface area contributed by atoms with E-state index in [1.54, 1.807) is 12.4 Å². The molecule has 180 valence electrons. The van der Waals surface area contributed by atoms with Crippen molar-refractivity contribution in [1.82, 2.24) is 30.1 Å². The fraction of sp³-hybridized carbons (Fsp3) is 0.360. The van der Waals surface area contributed by atoms with E-state index in [-0.39, 0.29) is 6.04 Å². The summed E-state index contributed by atoms with van der Waals surface area (Å²) in [5.74, 6) is 1.53. The van der Waals surface area contributed by atoms with Gasteiger partial charge >= 0.3 is 0 Å². The van der Waals surface area contributed by atoms with Crippen LogP contribution in [0.2, 0.25) is 0 Å². The molecule has 1 aromatic carbocycles. The number of rotatable bonds is 8. The third-order valence-corrected chi connectivity index (χ3v) is 6.49. The van der Waals surface area contributed by atoms with Gasteiger partial charge in [0.05, 0.1) is 22.8 Å². The van der Waals surface area contributed by atoms with E-state index in [0.717, 1.165) is 48.7 Å². The second-order valence-electron chi connectivity index (χ2n) is 8.94. The Bertz CT molecular complexity index is 1280. The van der Waals surface area contributed by atoms with Gasteiger partial charge in [0.1, 0.15) is 0 Å². The molecule has 0 spiro atoms. The lowest BCUT2D eigenvalue weighted by atomic mass is 9.85. The van der Waals surface area contributed by atoms with E-state index in [1.165, 1.54) is 0 Å². The van der Waals surface area contributed by atoms with Crippen LogP contribution in [0.5, 0.6) is 0 Å². The van der Waals surface area contributed by atoms with Crippen LogP contribution in [0.3, 0.4) is 0 Å². The number of hydrogen-bond donors (Lipinski definition) is 4.